The maximum Gasteiger partial charge on any atom is 0.191 e. The quantitative estimate of drug-likeness (QED) is 0.184. The lowest BCUT2D eigenvalue weighted by Crippen LogP contribution is -1.97. The molecule has 0 radical (unpaired) electrons. The van der Waals surface area contributed by atoms with E-state index in [9.17, 15) is 0 Å². The number of hydrogen-bond acceptors (Lipinski definition) is 4. The van der Waals surface area contributed by atoms with Crippen LogP contribution in [0.1, 0.15) is 22.5 Å². The lowest BCUT2D eigenvalue weighted by molar-refractivity contribution is 0.836. The SMILES string of the molecule is Cc1ccc(-n2nc(C)c(I)c2/N=N/c2c(I)c(C)nn2-c2ccc(C)cc2)cc1. The number of aromatic nitrogens is 4. The first-order valence-electron chi connectivity index (χ1n) is 9.41. The van der Waals surface area contributed by atoms with Gasteiger partial charge in [-0.05, 0) is 97.1 Å². The van der Waals surface area contributed by atoms with Crippen molar-refractivity contribution in [3.05, 3.63) is 78.2 Å². The lowest BCUT2D eigenvalue weighted by atomic mass is 10.2. The second-order valence-corrected chi connectivity index (χ2v) is 9.30. The highest BCUT2D eigenvalue weighted by Crippen LogP contribution is 2.32. The van der Waals surface area contributed by atoms with Crippen molar-refractivity contribution in [2.75, 3.05) is 0 Å². The van der Waals surface area contributed by atoms with E-state index in [1.807, 2.05) is 47.5 Å². The van der Waals surface area contributed by atoms with Crippen LogP contribution in [0.3, 0.4) is 0 Å². The van der Waals surface area contributed by atoms with E-state index in [4.69, 9.17) is 0 Å². The Hall–Kier alpha value is -2.08. The van der Waals surface area contributed by atoms with Crippen molar-refractivity contribution < 1.29 is 0 Å². The minimum Gasteiger partial charge on any atom is -0.212 e. The zero-order chi connectivity index (χ0) is 21.4. The Balaban J connectivity index is 1.80. The summed E-state index contributed by atoms with van der Waals surface area (Å²) in [4.78, 5) is 0. The number of halogens is 2. The highest BCUT2D eigenvalue weighted by atomic mass is 127. The topological polar surface area (TPSA) is 60.4 Å². The fourth-order valence-electron chi connectivity index (χ4n) is 2.99. The van der Waals surface area contributed by atoms with Crippen molar-refractivity contribution in [2.45, 2.75) is 27.7 Å². The van der Waals surface area contributed by atoms with Gasteiger partial charge in [-0.25, -0.2) is 9.36 Å². The van der Waals surface area contributed by atoms with Crippen molar-refractivity contribution >= 4 is 56.8 Å². The smallest absolute Gasteiger partial charge is 0.191 e. The summed E-state index contributed by atoms with van der Waals surface area (Å²) in [6, 6.07) is 16.4. The van der Waals surface area contributed by atoms with E-state index in [0.717, 1.165) is 29.9 Å². The van der Waals surface area contributed by atoms with Crippen LogP contribution in [0.5, 0.6) is 0 Å². The summed E-state index contributed by atoms with van der Waals surface area (Å²) in [5, 5.41) is 18.6. The van der Waals surface area contributed by atoms with Gasteiger partial charge in [-0.15, -0.1) is 10.2 Å². The minimum atomic E-state index is 0.710. The number of benzene rings is 2. The van der Waals surface area contributed by atoms with Crippen LogP contribution in [-0.4, -0.2) is 19.6 Å². The molecule has 0 aliphatic heterocycles. The third-order valence-corrected chi connectivity index (χ3v) is 7.25. The predicted molar refractivity (Wildman–Crippen MR) is 136 cm³/mol. The molecule has 2 aromatic carbocycles. The number of aryl methyl sites for hydroxylation is 4. The molecule has 0 bridgehead atoms. The molecule has 152 valence electrons. The molecule has 6 nitrogen and oxygen atoms in total. The van der Waals surface area contributed by atoms with E-state index >= 15 is 0 Å². The van der Waals surface area contributed by atoms with Crippen LogP contribution in [-0.2, 0) is 0 Å². The summed E-state index contributed by atoms with van der Waals surface area (Å²) >= 11 is 4.56. The Morgan fingerprint density at radius 2 is 0.933 bits per heavy atom. The van der Waals surface area contributed by atoms with Gasteiger partial charge in [0.15, 0.2) is 11.6 Å². The monoisotopic (exact) mass is 622 g/mol. The van der Waals surface area contributed by atoms with E-state index in [1.54, 1.807) is 0 Å². The van der Waals surface area contributed by atoms with Crippen molar-refractivity contribution in [3.8, 4) is 11.4 Å². The predicted octanol–water partition coefficient (Wildman–Crippen LogP) is 6.92. The molecule has 0 unspecified atom stereocenters. The molecule has 0 spiro atoms. The Morgan fingerprint density at radius 3 is 1.27 bits per heavy atom. The van der Waals surface area contributed by atoms with Gasteiger partial charge in [0.05, 0.1) is 29.9 Å². The first kappa shape index (κ1) is 21.2. The van der Waals surface area contributed by atoms with E-state index < -0.39 is 0 Å². The Bertz CT molecular complexity index is 1140. The second-order valence-electron chi connectivity index (χ2n) is 7.14. The standard InChI is InChI=1S/C22H20I2N6/c1-13-5-9-17(10-6-13)29-21(19(23)15(3)27-29)25-26-22-20(24)16(4)28-30(22)18-11-7-14(2)8-12-18/h5-12H,1-4H3/b26-25+. The third kappa shape index (κ3) is 4.07. The molecule has 4 rings (SSSR count). The first-order chi connectivity index (χ1) is 14.3. The molecule has 0 amide bonds. The van der Waals surface area contributed by atoms with E-state index in [-0.39, 0.29) is 0 Å². The number of rotatable bonds is 4. The molecule has 0 saturated carbocycles. The maximum atomic E-state index is 4.67. The van der Waals surface area contributed by atoms with Crippen LogP contribution in [0.2, 0.25) is 0 Å². The molecule has 4 aromatic rings. The van der Waals surface area contributed by atoms with Crippen LogP contribution in [0, 0.1) is 34.8 Å². The highest BCUT2D eigenvalue weighted by molar-refractivity contribution is 14.1. The zero-order valence-electron chi connectivity index (χ0n) is 17.1. The van der Waals surface area contributed by atoms with Crippen molar-refractivity contribution in [1.29, 1.82) is 0 Å². The Morgan fingerprint density at radius 1 is 0.600 bits per heavy atom. The second kappa shape index (κ2) is 8.58. The molecule has 0 aliphatic rings. The van der Waals surface area contributed by atoms with Gasteiger partial charge in [-0.2, -0.15) is 10.2 Å². The molecule has 8 heteroatoms. The molecular formula is C22H20I2N6. The van der Waals surface area contributed by atoms with Gasteiger partial charge in [0.25, 0.3) is 0 Å². The Labute approximate surface area is 202 Å². The molecule has 0 N–H and O–H groups in total. The largest absolute Gasteiger partial charge is 0.212 e. The van der Waals surface area contributed by atoms with Crippen molar-refractivity contribution in [3.63, 3.8) is 0 Å². The fraction of sp³-hybridized carbons (Fsp3) is 0.182. The number of nitrogens with zero attached hydrogens (tertiary/aromatic N) is 6. The van der Waals surface area contributed by atoms with Gasteiger partial charge in [-0.1, -0.05) is 35.4 Å². The molecule has 0 atom stereocenters. The number of azo groups is 1. The van der Waals surface area contributed by atoms with Crippen LogP contribution >= 0.6 is 45.2 Å². The van der Waals surface area contributed by atoms with Crippen molar-refractivity contribution in [1.82, 2.24) is 19.6 Å². The average molecular weight is 622 g/mol. The summed E-state index contributed by atoms with van der Waals surface area (Å²) in [7, 11) is 0. The normalized spacial score (nSPS) is 11.5. The van der Waals surface area contributed by atoms with E-state index in [2.05, 4.69) is 104 Å². The van der Waals surface area contributed by atoms with E-state index in [1.165, 1.54) is 11.1 Å². The third-order valence-electron chi connectivity index (χ3n) is 4.73. The van der Waals surface area contributed by atoms with Gasteiger partial charge >= 0.3 is 0 Å². The Kier molecular flexibility index (Phi) is 6.05. The minimum absolute atomic E-state index is 0.710. The molecule has 0 aliphatic carbocycles. The number of hydrogen-bond donors (Lipinski definition) is 0. The van der Waals surface area contributed by atoms with E-state index in [0.29, 0.717) is 11.6 Å². The van der Waals surface area contributed by atoms with Crippen molar-refractivity contribution in [2.24, 2.45) is 10.2 Å². The van der Waals surface area contributed by atoms with Gasteiger partial charge < -0.3 is 0 Å². The molecule has 2 aromatic heterocycles. The van der Waals surface area contributed by atoms with Crippen LogP contribution in [0.15, 0.2) is 58.8 Å². The molecular weight excluding hydrogens is 602 g/mol. The average Bonchev–Trinajstić information content (AvgIpc) is 3.17. The van der Waals surface area contributed by atoms with Gasteiger partial charge in [0.1, 0.15) is 0 Å². The summed E-state index contributed by atoms with van der Waals surface area (Å²) < 4.78 is 5.63. The molecule has 2 heterocycles. The summed E-state index contributed by atoms with van der Waals surface area (Å²) in [6.45, 7) is 8.10. The van der Waals surface area contributed by atoms with Crippen LogP contribution < -0.4 is 0 Å². The lowest BCUT2D eigenvalue weighted by Gasteiger charge is -2.06. The van der Waals surface area contributed by atoms with Crippen LogP contribution in [0.4, 0.5) is 11.6 Å². The molecule has 0 saturated heterocycles. The van der Waals surface area contributed by atoms with Gasteiger partial charge in [0, 0.05) is 0 Å². The summed E-state index contributed by atoms with van der Waals surface area (Å²) in [5.74, 6) is 1.42. The van der Waals surface area contributed by atoms with Gasteiger partial charge in [-0.3, -0.25) is 0 Å². The fourth-order valence-corrected chi connectivity index (χ4v) is 3.88. The summed E-state index contributed by atoms with van der Waals surface area (Å²) in [6.07, 6.45) is 0. The first-order valence-corrected chi connectivity index (χ1v) is 11.6. The molecule has 30 heavy (non-hydrogen) atoms. The maximum absolute atomic E-state index is 4.67. The molecule has 0 fully saturated rings. The van der Waals surface area contributed by atoms with Crippen LogP contribution in [0.25, 0.3) is 11.4 Å². The van der Waals surface area contributed by atoms with Gasteiger partial charge in [0.2, 0.25) is 0 Å². The summed E-state index contributed by atoms with van der Waals surface area (Å²) in [5.41, 5.74) is 6.16. The highest BCUT2D eigenvalue weighted by Gasteiger charge is 2.17. The zero-order valence-corrected chi connectivity index (χ0v) is 21.4.